The maximum Gasteiger partial charge on any atom is 1.00 e. The molecule has 0 aromatic carbocycles. The smallest absolute Gasteiger partial charge is 1.00 e. The zero-order chi connectivity index (χ0) is 0. The maximum atomic E-state index is 0. The molecule has 0 atom stereocenters. The summed E-state index contributed by atoms with van der Waals surface area (Å²) in [5.74, 6) is 0. The number of hydrogen-bond donors (Lipinski definition) is 0. The Kier molecular flexibility index (Phi) is 328. The second-order valence-electron chi connectivity index (χ2n) is 0. The summed E-state index contributed by atoms with van der Waals surface area (Å²) in [4.78, 5) is 0. The molecule has 0 aliphatic rings. The summed E-state index contributed by atoms with van der Waals surface area (Å²) in [5, 5.41) is 0. The molecular formula is H3Na3Zn4. The molecule has 0 saturated carbocycles. The van der Waals surface area contributed by atoms with Crippen LogP contribution in [0.1, 0.15) is 4.28 Å². The molecule has 0 amide bonds. The van der Waals surface area contributed by atoms with Crippen LogP contribution in [0.4, 0.5) is 0 Å². The van der Waals surface area contributed by atoms with Gasteiger partial charge in [0, 0.05) is 77.9 Å². The van der Waals surface area contributed by atoms with Gasteiger partial charge in [0.15, 0.2) is 0 Å². The van der Waals surface area contributed by atoms with E-state index in [1.54, 1.807) is 0 Å². The van der Waals surface area contributed by atoms with Gasteiger partial charge in [-0.05, 0) is 0 Å². The monoisotopic (exact) mass is 328 g/mol. The molecule has 0 heterocycles. The summed E-state index contributed by atoms with van der Waals surface area (Å²) < 4.78 is 0. The van der Waals surface area contributed by atoms with Gasteiger partial charge in [0.25, 0.3) is 0 Å². The fraction of sp³-hybridized carbons (Fsp3) is 0. The van der Waals surface area contributed by atoms with E-state index in [1.165, 1.54) is 0 Å². The SMILES string of the molecule is [H-].[H-].[H-].[Na+].[Na+].[Na+].[Zn].[Zn].[Zn].[Zn]. The van der Waals surface area contributed by atoms with Crippen LogP contribution >= 0.6 is 0 Å². The molecule has 0 spiro atoms. The van der Waals surface area contributed by atoms with E-state index in [2.05, 4.69) is 0 Å². The minimum Gasteiger partial charge on any atom is -1.00 e. The van der Waals surface area contributed by atoms with Gasteiger partial charge < -0.3 is 4.28 Å². The molecule has 0 bridgehead atoms. The van der Waals surface area contributed by atoms with Crippen LogP contribution in [0.15, 0.2) is 0 Å². The van der Waals surface area contributed by atoms with Gasteiger partial charge >= 0.3 is 88.7 Å². The predicted octanol–water partition coefficient (Wildman–Crippen LogP) is -8.66. The third-order valence-electron chi connectivity index (χ3n) is 0. The minimum atomic E-state index is 0. The molecule has 0 radical (unpaired) electrons. The van der Waals surface area contributed by atoms with E-state index < -0.39 is 0 Å². The van der Waals surface area contributed by atoms with Gasteiger partial charge in [0.2, 0.25) is 0 Å². The molecule has 7 heteroatoms. The third kappa shape index (κ3) is 34.3. The van der Waals surface area contributed by atoms with E-state index in [1.807, 2.05) is 0 Å². The van der Waals surface area contributed by atoms with Crippen molar-refractivity contribution >= 4 is 0 Å². The van der Waals surface area contributed by atoms with Gasteiger partial charge in [-0.15, -0.1) is 0 Å². The zero-order valence-electron chi connectivity index (χ0n) is 8.83. The molecule has 0 aromatic heterocycles. The van der Waals surface area contributed by atoms with Crippen molar-refractivity contribution in [3.63, 3.8) is 0 Å². The molecule has 0 unspecified atom stereocenters. The summed E-state index contributed by atoms with van der Waals surface area (Å²) in [6.07, 6.45) is 0. The molecule has 0 fully saturated rings. The van der Waals surface area contributed by atoms with Crippen molar-refractivity contribution in [1.82, 2.24) is 0 Å². The zero-order valence-corrected chi connectivity index (χ0v) is 23.7. The molecule has 0 aliphatic carbocycles. The fourth-order valence-electron chi connectivity index (χ4n) is 0. The van der Waals surface area contributed by atoms with Crippen molar-refractivity contribution in [3.05, 3.63) is 0 Å². The van der Waals surface area contributed by atoms with Crippen molar-refractivity contribution in [2.45, 2.75) is 0 Å². The average Bonchev–Trinajstić information content (AvgIpc) is 0. The largest absolute Gasteiger partial charge is 1.00 e. The first-order valence-corrected chi connectivity index (χ1v) is 0. The Morgan fingerprint density at radius 1 is 0.429 bits per heavy atom. The third-order valence-corrected chi connectivity index (χ3v) is 0. The Bertz CT molecular complexity index is 15.7. The summed E-state index contributed by atoms with van der Waals surface area (Å²) in [5.41, 5.74) is 0. The van der Waals surface area contributed by atoms with Crippen LogP contribution in [-0.2, 0) is 77.9 Å². The molecule has 14 valence electrons. The fourth-order valence-corrected chi connectivity index (χ4v) is 0. The first-order valence-electron chi connectivity index (χ1n) is 0. The van der Waals surface area contributed by atoms with Crippen LogP contribution < -0.4 is 88.7 Å². The quantitative estimate of drug-likeness (QED) is 0.386. The molecule has 0 aromatic rings. The molecule has 0 rings (SSSR count). The Hall–Kier alpha value is 5.49. The van der Waals surface area contributed by atoms with E-state index >= 15 is 0 Å². The number of hydrogen-bond acceptors (Lipinski definition) is 0. The van der Waals surface area contributed by atoms with Crippen LogP contribution in [0.25, 0.3) is 0 Å². The molecule has 0 N–H and O–H groups in total. The standard InChI is InChI=1S/3Na.4Zn.3H/q3*+1;;;;;3*-1. The molecule has 0 aliphatic heterocycles. The van der Waals surface area contributed by atoms with Gasteiger partial charge in [-0.25, -0.2) is 0 Å². The Labute approximate surface area is 167 Å². The van der Waals surface area contributed by atoms with Crippen LogP contribution in [0.3, 0.4) is 0 Å². The summed E-state index contributed by atoms with van der Waals surface area (Å²) in [7, 11) is 0. The van der Waals surface area contributed by atoms with Crippen molar-refractivity contribution in [2.24, 2.45) is 0 Å². The van der Waals surface area contributed by atoms with Crippen molar-refractivity contribution < 1.29 is 171 Å². The Morgan fingerprint density at radius 3 is 0.429 bits per heavy atom. The van der Waals surface area contributed by atoms with Gasteiger partial charge in [-0.2, -0.15) is 0 Å². The van der Waals surface area contributed by atoms with E-state index in [-0.39, 0.29) is 171 Å². The molecule has 0 saturated heterocycles. The van der Waals surface area contributed by atoms with Gasteiger partial charge in [0.05, 0.1) is 0 Å². The Balaban J connectivity index is 0. The molecule has 0 nitrogen and oxygen atoms in total. The summed E-state index contributed by atoms with van der Waals surface area (Å²) >= 11 is 0. The minimum absolute atomic E-state index is 0. The van der Waals surface area contributed by atoms with E-state index in [4.69, 9.17) is 0 Å². The number of rotatable bonds is 0. The topological polar surface area (TPSA) is 0 Å². The van der Waals surface area contributed by atoms with E-state index in [0.29, 0.717) is 0 Å². The van der Waals surface area contributed by atoms with Crippen LogP contribution in [0, 0.1) is 0 Å². The predicted molar refractivity (Wildman–Crippen MR) is 3.34 cm³/mol. The van der Waals surface area contributed by atoms with Crippen LogP contribution in [0.5, 0.6) is 0 Å². The summed E-state index contributed by atoms with van der Waals surface area (Å²) in [6.45, 7) is 0. The van der Waals surface area contributed by atoms with Gasteiger partial charge in [-0.1, -0.05) is 0 Å². The first-order chi connectivity index (χ1) is 0. The van der Waals surface area contributed by atoms with Crippen molar-refractivity contribution in [2.75, 3.05) is 0 Å². The van der Waals surface area contributed by atoms with Gasteiger partial charge in [0.1, 0.15) is 0 Å². The second kappa shape index (κ2) is 41.9. The van der Waals surface area contributed by atoms with Crippen molar-refractivity contribution in [1.29, 1.82) is 0 Å². The van der Waals surface area contributed by atoms with Crippen LogP contribution in [-0.4, -0.2) is 0 Å². The van der Waals surface area contributed by atoms with Crippen molar-refractivity contribution in [3.8, 4) is 0 Å². The maximum absolute atomic E-state index is 0. The molecule has 7 heavy (non-hydrogen) atoms. The Morgan fingerprint density at radius 2 is 0.429 bits per heavy atom. The van der Waals surface area contributed by atoms with Gasteiger partial charge in [-0.3, -0.25) is 0 Å². The second-order valence-corrected chi connectivity index (χ2v) is 0. The molecular weight excluding hydrogens is 331 g/mol. The first kappa shape index (κ1) is 54.7. The summed E-state index contributed by atoms with van der Waals surface area (Å²) in [6, 6.07) is 0. The van der Waals surface area contributed by atoms with Crippen LogP contribution in [0.2, 0.25) is 0 Å². The van der Waals surface area contributed by atoms with E-state index in [0.717, 1.165) is 0 Å². The van der Waals surface area contributed by atoms with E-state index in [9.17, 15) is 0 Å². The average molecular weight is 334 g/mol. The normalized spacial score (nSPS) is 0.